The summed E-state index contributed by atoms with van der Waals surface area (Å²) < 4.78 is 1.94. The average Bonchev–Trinajstić information content (AvgIpc) is 3.02. The molecule has 21 heavy (non-hydrogen) atoms. The van der Waals surface area contributed by atoms with E-state index in [0.29, 0.717) is 0 Å². The van der Waals surface area contributed by atoms with E-state index in [4.69, 9.17) is 0 Å². The number of rotatable bonds is 13. The van der Waals surface area contributed by atoms with E-state index < -0.39 is 0 Å². The van der Waals surface area contributed by atoms with Crippen LogP contribution in [0.5, 0.6) is 0 Å². The number of hydrogen-bond acceptors (Lipinski definition) is 0. The fraction of sp³-hybridized carbons (Fsp3) is 0.895. The molecule has 1 rings (SSSR count). The van der Waals surface area contributed by atoms with Gasteiger partial charge in [-0.05, 0) is 0 Å². The van der Waals surface area contributed by atoms with Gasteiger partial charge in [-0.2, -0.15) is 0 Å². The Balaban J connectivity index is 2.23. The van der Waals surface area contributed by atoms with Crippen LogP contribution < -0.4 is 0 Å². The van der Waals surface area contributed by atoms with E-state index in [9.17, 15) is 0 Å². The summed E-state index contributed by atoms with van der Waals surface area (Å²) in [5.74, 6) is 1.01. The van der Waals surface area contributed by atoms with E-state index in [1.54, 1.807) is 0 Å². The van der Waals surface area contributed by atoms with Crippen LogP contribution in [-0.4, -0.2) is 29.9 Å². The third kappa shape index (κ3) is 10.2. The first-order valence-corrected chi connectivity index (χ1v) is 13.6. The molecular weight excluding hydrogens is 386 g/mol. The topological polar surface area (TPSA) is 0 Å². The molecule has 0 spiro atoms. The SMILES string of the molecule is CCCCCC[Se]/C=C(\[Se]CCCCCC)C1CCCC1. The fourth-order valence-corrected chi connectivity index (χ4v) is 8.55. The van der Waals surface area contributed by atoms with Gasteiger partial charge in [0.05, 0.1) is 0 Å². The predicted molar refractivity (Wildman–Crippen MR) is 99.4 cm³/mol. The molecule has 1 aliphatic carbocycles. The van der Waals surface area contributed by atoms with Gasteiger partial charge in [0.25, 0.3) is 0 Å². The van der Waals surface area contributed by atoms with Crippen molar-refractivity contribution in [3.63, 3.8) is 0 Å². The summed E-state index contributed by atoms with van der Waals surface area (Å²) in [5, 5.41) is 3.01. The van der Waals surface area contributed by atoms with Gasteiger partial charge in [-0.3, -0.25) is 0 Å². The summed E-state index contributed by atoms with van der Waals surface area (Å²) >= 11 is 1.63. The second-order valence-electron chi connectivity index (χ2n) is 6.34. The Kier molecular flexibility index (Phi) is 13.6. The first-order chi connectivity index (χ1) is 10.4. The van der Waals surface area contributed by atoms with Crippen molar-refractivity contribution in [2.45, 2.75) is 102 Å². The second kappa shape index (κ2) is 14.4. The van der Waals surface area contributed by atoms with Gasteiger partial charge in [-0.1, -0.05) is 0 Å². The van der Waals surface area contributed by atoms with Crippen LogP contribution >= 0.6 is 0 Å². The molecule has 0 aromatic heterocycles. The van der Waals surface area contributed by atoms with Crippen LogP contribution in [0.2, 0.25) is 10.6 Å². The molecule has 0 saturated heterocycles. The van der Waals surface area contributed by atoms with Crippen molar-refractivity contribution in [3.05, 3.63) is 9.45 Å². The normalized spacial score (nSPS) is 16.8. The Bertz CT molecular complexity index is 254. The van der Waals surface area contributed by atoms with E-state index in [2.05, 4.69) is 18.8 Å². The molecule has 0 nitrogen and oxygen atoms in total. The maximum atomic E-state index is 2.74. The molecule has 0 bridgehead atoms. The molecule has 2 heteroatoms. The van der Waals surface area contributed by atoms with Crippen molar-refractivity contribution in [1.82, 2.24) is 0 Å². The summed E-state index contributed by atoms with van der Waals surface area (Å²) in [4.78, 5) is 2.74. The van der Waals surface area contributed by atoms with Crippen molar-refractivity contribution in [2.75, 3.05) is 0 Å². The molecule has 0 atom stereocenters. The van der Waals surface area contributed by atoms with Crippen LogP contribution in [0.25, 0.3) is 0 Å². The quantitative estimate of drug-likeness (QED) is 0.237. The summed E-state index contributed by atoms with van der Waals surface area (Å²) in [6, 6.07) is 0. The van der Waals surface area contributed by atoms with Gasteiger partial charge in [0.15, 0.2) is 0 Å². The number of hydrogen-bond donors (Lipinski definition) is 0. The third-order valence-corrected chi connectivity index (χ3v) is 9.76. The molecule has 0 aliphatic heterocycles. The fourth-order valence-electron chi connectivity index (χ4n) is 2.93. The monoisotopic (exact) mass is 424 g/mol. The molecule has 1 fully saturated rings. The molecule has 0 radical (unpaired) electrons. The molecule has 124 valence electrons. The van der Waals surface area contributed by atoms with Crippen LogP contribution in [0.15, 0.2) is 9.45 Å². The predicted octanol–water partition coefficient (Wildman–Crippen LogP) is 6.42. The minimum atomic E-state index is 0.802. The minimum absolute atomic E-state index is 0.802. The van der Waals surface area contributed by atoms with Crippen molar-refractivity contribution in [2.24, 2.45) is 5.92 Å². The maximum absolute atomic E-state index is 2.74. The van der Waals surface area contributed by atoms with Crippen molar-refractivity contribution >= 4 is 29.9 Å². The first-order valence-electron chi connectivity index (χ1n) is 9.33. The summed E-state index contributed by atoms with van der Waals surface area (Å²) in [7, 11) is 0. The molecular formula is C19H36Se2. The molecule has 0 N–H and O–H groups in total. The molecule has 1 aliphatic rings. The summed E-state index contributed by atoms with van der Waals surface area (Å²) in [6.45, 7) is 4.63. The molecule has 0 aromatic rings. The van der Waals surface area contributed by atoms with Gasteiger partial charge >= 0.3 is 147 Å². The van der Waals surface area contributed by atoms with E-state index in [1.165, 1.54) is 87.7 Å². The van der Waals surface area contributed by atoms with Gasteiger partial charge in [-0.25, -0.2) is 0 Å². The molecule has 0 aromatic carbocycles. The Morgan fingerprint density at radius 2 is 1.48 bits per heavy atom. The zero-order chi connectivity index (χ0) is 15.2. The van der Waals surface area contributed by atoms with Gasteiger partial charge in [0, 0.05) is 0 Å². The summed E-state index contributed by atoms with van der Waals surface area (Å²) in [5.41, 5.74) is 0. The molecule has 0 heterocycles. The Morgan fingerprint density at radius 3 is 2.10 bits per heavy atom. The van der Waals surface area contributed by atoms with Crippen molar-refractivity contribution < 1.29 is 0 Å². The van der Waals surface area contributed by atoms with Crippen LogP contribution in [0.4, 0.5) is 0 Å². The standard InChI is InChI=1S/C19H36Se2/c1-3-5-7-11-15-20-17-19(18-13-9-10-14-18)21-16-12-8-6-4-2/h17-18H,3-16H2,1-2H3/b19-17-. The van der Waals surface area contributed by atoms with E-state index >= 15 is 0 Å². The van der Waals surface area contributed by atoms with Crippen LogP contribution in [0, 0.1) is 5.92 Å². The first kappa shape index (κ1) is 19.8. The van der Waals surface area contributed by atoms with E-state index in [-0.39, 0.29) is 0 Å². The molecule has 1 saturated carbocycles. The summed E-state index contributed by atoms with van der Waals surface area (Å²) in [6.07, 6.45) is 17.5. The zero-order valence-electron chi connectivity index (χ0n) is 14.4. The zero-order valence-corrected chi connectivity index (χ0v) is 17.8. The van der Waals surface area contributed by atoms with Gasteiger partial charge in [0.2, 0.25) is 0 Å². The van der Waals surface area contributed by atoms with Crippen LogP contribution in [0.3, 0.4) is 0 Å². The molecule has 0 unspecified atom stereocenters. The Hall–Kier alpha value is 0.779. The van der Waals surface area contributed by atoms with Crippen molar-refractivity contribution in [1.29, 1.82) is 0 Å². The Labute approximate surface area is 146 Å². The van der Waals surface area contributed by atoms with Gasteiger partial charge < -0.3 is 0 Å². The second-order valence-corrected chi connectivity index (χ2v) is 10.8. The van der Waals surface area contributed by atoms with Crippen LogP contribution in [-0.2, 0) is 0 Å². The average molecular weight is 422 g/mol. The van der Waals surface area contributed by atoms with Gasteiger partial charge in [0.1, 0.15) is 0 Å². The molecule has 0 amide bonds. The van der Waals surface area contributed by atoms with Gasteiger partial charge in [-0.15, -0.1) is 0 Å². The Morgan fingerprint density at radius 1 is 0.857 bits per heavy atom. The van der Waals surface area contributed by atoms with Crippen molar-refractivity contribution in [3.8, 4) is 0 Å². The van der Waals surface area contributed by atoms with E-state index in [0.717, 1.165) is 35.8 Å². The third-order valence-electron chi connectivity index (χ3n) is 4.34. The van der Waals surface area contributed by atoms with Crippen LogP contribution in [0.1, 0.15) is 90.9 Å². The number of allylic oxidation sites excluding steroid dienone is 1. The number of unbranched alkanes of at least 4 members (excludes halogenated alkanes) is 6. The van der Waals surface area contributed by atoms with E-state index in [1.807, 2.05) is 4.47 Å².